The standard InChI is InChI=1S/C36H30N2O6/c1-42-24-16-12-22(13-17-24)32(39)31-28-18-14-21-8-4-7-11-27(21)38(28)34(33(40)23-15-19-29(43-2)30(20-23)44-3)36(31)25-9-5-6-10-26(25)37-35(36)41/h4-20,28,31,34H,1-3H3,(H,37,41)/t28?,31-,34+,36+/m1/s1. The van der Waals surface area contributed by atoms with Gasteiger partial charge in [0.15, 0.2) is 23.1 Å². The average molecular weight is 587 g/mol. The number of nitrogens with one attached hydrogen (secondary N) is 1. The highest BCUT2D eigenvalue weighted by Gasteiger charge is 2.71. The third-order valence-corrected chi connectivity index (χ3v) is 9.12. The molecule has 1 unspecified atom stereocenters. The Morgan fingerprint density at radius 3 is 2.23 bits per heavy atom. The van der Waals surface area contributed by atoms with E-state index >= 15 is 4.79 Å². The number of anilines is 2. The highest BCUT2D eigenvalue weighted by molar-refractivity contribution is 6.20. The molecular formula is C36H30N2O6. The lowest BCUT2D eigenvalue weighted by Gasteiger charge is -2.37. The van der Waals surface area contributed by atoms with Gasteiger partial charge in [0, 0.05) is 22.5 Å². The number of carbonyl (C=O) groups excluding carboxylic acids is 3. The van der Waals surface area contributed by atoms with Gasteiger partial charge in [0.1, 0.15) is 17.2 Å². The van der Waals surface area contributed by atoms with Crippen molar-refractivity contribution in [1.29, 1.82) is 0 Å². The predicted octanol–water partition coefficient (Wildman–Crippen LogP) is 5.57. The number of benzene rings is 4. The third-order valence-electron chi connectivity index (χ3n) is 9.12. The zero-order valence-corrected chi connectivity index (χ0v) is 24.4. The molecule has 0 aromatic heterocycles. The number of hydrogen-bond acceptors (Lipinski definition) is 7. The van der Waals surface area contributed by atoms with Crippen molar-refractivity contribution in [3.05, 3.63) is 119 Å². The van der Waals surface area contributed by atoms with Crippen molar-refractivity contribution in [2.75, 3.05) is 31.5 Å². The Morgan fingerprint density at radius 1 is 0.773 bits per heavy atom. The molecule has 3 heterocycles. The van der Waals surface area contributed by atoms with E-state index in [0.29, 0.717) is 39.6 Å². The van der Waals surface area contributed by atoms with Gasteiger partial charge in [-0.15, -0.1) is 0 Å². The summed E-state index contributed by atoms with van der Waals surface area (Å²) in [5, 5.41) is 3.04. The Labute approximate surface area is 254 Å². The molecule has 4 atom stereocenters. The molecule has 220 valence electrons. The Balaban J connectivity index is 1.51. The molecule has 1 amide bonds. The number of ether oxygens (including phenoxy) is 3. The highest BCUT2D eigenvalue weighted by Crippen LogP contribution is 2.58. The molecule has 8 nitrogen and oxygen atoms in total. The highest BCUT2D eigenvalue weighted by atomic mass is 16.5. The topological polar surface area (TPSA) is 94.2 Å². The van der Waals surface area contributed by atoms with Crippen molar-refractivity contribution in [1.82, 2.24) is 0 Å². The molecule has 0 radical (unpaired) electrons. The molecule has 0 aliphatic carbocycles. The van der Waals surface area contributed by atoms with Crippen LogP contribution < -0.4 is 24.4 Å². The molecule has 8 heteroatoms. The number of fused-ring (bicyclic) bond motifs is 5. The first kappa shape index (κ1) is 27.5. The summed E-state index contributed by atoms with van der Waals surface area (Å²) < 4.78 is 16.3. The van der Waals surface area contributed by atoms with Crippen LogP contribution in [0.15, 0.2) is 97.1 Å². The molecule has 4 aromatic rings. The summed E-state index contributed by atoms with van der Waals surface area (Å²) in [7, 11) is 4.60. The summed E-state index contributed by atoms with van der Waals surface area (Å²) >= 11 is 0. The first-order valence-electron chi connectivity index (χ1n) is 14.3. The van der Waals surface area contributed by atoms with Gasteiger partial charge in [0.2, 0.25) is 5.91 Å². The number of para-hydroxylation sites is 2. The molecule has 1 fully saturated rings. The van der Waals surface area contributed by atoms with Crippen LogP contribution in [0.5, 0.6) is 17.2 Å². The van der Waals surface area contributed by atoms with Gasteiger partial charge in [-0.3, -0.25) is 14.4 Å². The van der Waals surface area contributed by atoms with Crippen molar-refractivity contribution >= 4 is 34.9 Å². The van der Waals surface area contributed by atoms with Crippen LogP contribution in [0.2, 0.25) is 0 Å². The van der Waals surface area contributed by atoms with Gasteiger partial charge in [-0.1, -0.05) is 48.6 Å². The summed E-state index contributed by atoms with van der Waals surface area (Å²) in [5.41, 5.74) is 2.10. The van der Waals surface area contributed by atoms with Crippen molar-refractivity contribution in [2.45, 2.75) is 17.5 Å². The van der Waals surface area contributed by atoms with Crippen LogP contribution in [0.3, 0.4) is 0 Å². The van der Waals surface area contributed by atoms with E-state index in [9.17, 15) is 9.59 Å². The van der Waals surface area contributed by atoms with E-state index in [1.165, 1.54) is 14.2 Å². The Hall–Kier alpha value is -5.37. The van der Waals surface area contributed by atoms with Gasteiger partial charge in [0.25, 0.3) is 0 Å². The first-order valence-corrected chi connectivity index (χ1v) is 14.3. The lowest BCUT2D eigenvalue weighted by Crippen LogP contribution is -2.55. The van der Waals surface area contributed by atoms with Crippen molar-refractivity contribution in [3.63, 3.8) is 0 Å². The van der Waals surface area contributed by atoms with Crippen LogP contribution in [0.1, 0.15) is 31.8 Å². The monoisotopic (exact) mass is 586 g/mol. The van der Waals surface area contributed by atoms with Crippen LogP contribution in [-0.4, -0.2) is 50.9 Å². The minimum absolute atomic E-state index is 0.235. The fourth-order valence-corrected chi connectivity index (χ4v) is 7.22. The molecule has 7 rings (SSSR count). The molecule has 1 spiro atoms. The maximum absolute atomic E-state index is 15.0. The van der Waals surface area contributed by atoms with Crippen LogP contribution in [0, 0.1) is 5.92 Å². The second-order valence-electron chi connectivity index (χ2n) is 11.1. The SMILES string of the molecule is COc1ccc(C(=O)[C@H]2C3C=Cc4ccccc4N3[C@@H](C(=O)c3ccc(OC)c(OC)c3)[C@@]23C(=O)Nc2ccccc23)cc1. The lowest BCUT2D eigenvalue weighted by atomic mass is 9.63. The smallest absolute Gasteiger partial charge is 0.238 e. The quantitative estimate of drug-likeness (QED) is 0.283. The van der Waals surface area contributed by atoms with Crippen molar-refractivity contribution < 1.29 is 28.6 Å². The van der Waals surface area contributed by atoms with Crippen LogP contribution in [-0.2, 0) is 10.2 Å². The van der Waals surface area contributed by atoms with E-state index in [4.69, 9.17) is 14.2 Å². The predicted molar refractivity (Wildman–Crippen MR) is 167 cm³/mol. The van der Waals surface area contributed by atoms with Crippen LogP contribution in [0.4, 0.5) is 11.4 Å². The number of rotatable bonds is 7. The second kappa shape index (κ2) is 10.4. The lowest BCUT2D eigenvalue weighted by molar-refractivity contribution is -0.121. The summed E-state index contributed by atoms with van der Waals surface area (Å²) in [6.07, 6.45) is 3.92. The van der Waals surface area contributed by atoms with Gasteiger partial charge in [0.05, 0.1) is 33.3 Å². The second-order valence-corrected chi connectivity index (χ2v) is 11.1. The molecular weight excluding hydrogens is 556 g/mol. The number of ketones is 2. The van der Waals surface area contributed by atoms with Crippen LogP contribution >= 0.6 is 0 Å². The zero-order chi connectivity index (χ0) is 30.6. The number of amides is 1. The van der Waals surface area contributed by atoms with Gasteiger partial charge in [-0.2, -0.15) is 0 Å². The number of nitrogens with zero attached hydrogens (tertiary/aromatic N) is 1. The third kappa shape index (κ3) is 3.80. The first-order chi connectivity index (χ1) is 21.4. The van der Waals surface area contributed by atoms with Crippen molar-refractivity contribution in [2.24, 2.45) is 5.92 Å². The molecule has 1 N–H and O–H groups in total. The summed E-state index contributed by atoms with van der Waals surface area (Å²) in [5.74, 6) is -0.378. The molecule has 3 aliphatic heterocycles. The zero-order valence-electron chi connectivity index (χ0n) is 24.4. The summed E-state index contributed by atoms with van der Waals surface area (Å²) in [6.45, 7) is 0. The average Bonchev–Trinajstić information content (AvgIpc) is 3.55. The molecule has 3 aliphatic rings. The van der Waals surface area contributed by atoms with E-state index in [1.807, 2.05) is 65.6 Å². The van der Waals surface area contributed by atoms with E-state index < -0.39 is 23.4 Å². The van der Waals surface area contributed by atoms with Gasteiger partial charge < -0.3 is 24.4 Å². The molecule has 1 saturated heterocycles. The van der Waals surface area contributed by atoms with E-state index in [-0.39, 0.29) is 17.5 Å². The van der Waals surface area contributed by atoms with Crippen LogP contribution in [0.25, 0.3) is 6.08 Å². The Kier molecular flexibility index (Phi) is 6.50. The minimum atomic E-state index is -1.55. The van der Waals surface area contributed by atoms with E-state index in [0.717, 1.165) is 11.3 Å². The number of Topliss-reactive ketones (excluding diaryl/α,β-unsaturated/α-hetero) is 2. The number of methoxy groups -OCH3 is 3. The molecule has 44 heavy (non-hydrogen) atoms. The maximum atomic E-state index is 15.0. The Bertz CT molecular complexity index is 1850. The van der Waals surface area contributed by atoms with E-state index in [2.05, 4.69) is 5.32 Å². The Morgan fingerprint density at radius 2 is 1.48 bits per heavy atom. The van der Waals surface area contributed by atoms with Gasteiger partial charge in [-0.25, -0.2) is 0 Å². The van der Waals surface area contributed by atoms with E-state index in [1.54, 1.807) is 49.6 Å². The van der Waals surface area contributed by atoms with Gasteiger partial charge in [-0.05, 0) is 65.7 Å². The molecule has 4 aromatic carbocycles. The summed E-state index contributed by atoms with van der Waals surface area (Å²) in [4.78, 5) is 46.4. The number of carbonyl (C=O) groups is 3. The number of hydrogen-bond donors (Lipinski definition) is 1. The minimum Gasteiger partial charge on any atom is -0.497 e. The summed E-state index contributed by atoms with van der Waals surface area (Å²) in [6, 6.07) is 25.3. The fraction of sp³-hybridized carbons (Fsp3) is 0.194. The molecule has 0 saturated carbocycles. The fourth-order valence-electron chi connectivity index (χ4n) is 7.22. The largest absolute Gasteiger partial charge is 0.497 e. The molecule has 0 bridgehead atoms. The van der Waals surface area contributed by atoms with Crippen molar-refractivity contribution in [3.8, 4) is 17.2 Å². The normalized spacial score (nSPS) is 22.6. The maximum Gasteiger partial charge on any atom is 0.238 e. The van der Waals surface area contributed by atoms with Gasteiger partial charge >= 0.3 is 0 Å².